The fourth-order valence-electron chi connectivity index (χ4n) is 1.91. The summed E-state index contributed by atoms with van der Waals surface area (Å²) in [5, 5.41) is 11.6. The van der Waals surface area contributed by atoms with Gasteiger partial charge in [-0.3, -0.25) is 4.79 Å². The van der Waals surface area contributed by atoms with Crippen molar-refractivity contribution in [2.24, 2.45) is 0 Å². The molecule has 2 aromatic rings. The summed E-state index contributed by atoms with van der Waals surface area (Å²) < 4.78 is 0. The average molecular weight is 279 g/mol. The molecule has 0 saturated heterocycles. The zero-order valence-corrected chi connectivity index (χ0v) is 12.1. The molecule has 0 atom stereocenters. The SMILES string of the molecule is Cc1ccc(C)c(NC(=O)c2ccc(C#CCO)cc2)c1. The molecule has 0 spiro atoms. The third kappa shape index (κ3) is 3.95. The summed E-state index contributed by atoms with van der Waals surface area (Å²) in [5.41, 5.74) is 4.30. The number of hydrogen-bond acceptors (Lipinski definition) is 2. The lowest BCUT2D eigenvalue weighted by molar-refractivity contribution is 0.102. The normalized spacial score (nSPS) is 9.67. The molecule has 3 heteroatoms. The molecule has 0 heterocycles. The molecule has 21 heavy (non-hydrogen) atoms. The molecule has 2 aromatic carbocycles. The van der Waals surface area contributed by atoms with Gasteiger partial charge in [0.2, 0.25) is 0 Å². The topological polar surface area (TPSA) is 49.3 Å². The summed E-state index contributed by atoms with van der Waals surface area (Å²) in [6, 6.07) is 12.9. The predicted molar refractivity (Wildman–Crippen MR) is 84.3 cm³/mol. The Morgan fingerprint density at radius 3 is 2.52 bits per heavy atom. The molecule has 1 amide bonds. The van der Waals surface area contributed by atoms with Gasteiger partial charge < -0.3 is 10.4 Å². The number of hydrogen-bond donors (Lipinski definition) is 2. The maximum atomic E-state index is 12.2. The monoisotopic (exact) mass is 279 g/mol. The van der Waals surface area contributed by atoms with Crippen LogP contribution in [0, 0.1) is 25.7 Å². The Morgan fingerprint density at radius 2 is 1.86 bits per heavy atom. The summed E-state index contributed by atoms with van der Waals surface area (Å²) in [6.07, 6.45) is 0. The van der Waals surface area contributed by atoms with Gasteiger partial charge in [-0.15, -0.1) is 0 Å². The zero-order valence-electron chi connectivity index (χ0n) is 12.1. The van der Waals surface area contributed by atoms with E-state index in [1.54, 1.807) is 24.3 Å². The highest BCUT2D eigenvalue weighted by molar-refractivity contribution is 6.04. The van der Waals surface area contributed by atoms with Crippen LogP contribution >= 0.6 is 0 Å². The van der Waals surface area contributed by atoms with Crippen molar-refractivity contribution in [1.82, 2.24) is 0 Å². The first-order valence-electron chi connectivity index (χ1n) is 6.68. The van der Waals surface area contributed by atoms with E-state index < -0.39 is 0 Å². The number of amides is 1. The Labute approximate surface area is 124 Å². The van der Waals surface area contributed by atoms with Gasteiger partial charge in [0.05, 0.1) is 0 Å². The van der Waals surface area contributed by atoms with Crippen molar-refractivity contribution in [2.75, 3.05) is 11.9 Å². The lowest BCUT2D eigenvalue weighted by Crippen LogP contribution is -2.12. The van der Waals surface area contributed by atoms with E-state index in [0.29, 0.717) is 5.56 Å². The Morgan fingerprint density at radius 1 is 1.14 bits per heavy atom. The Bertz CT molecular complexity index is 706. The third-order valence-electron chi connectivity index (χ3n) is 3.10. The van der Waals surface area contributed by atoms with Crippen molar-refractivity contribution in [3.05, 3.63) is 64.7 Å². The molecule has 0 unspecified atom stereocenters. The quantitative estimate of drug-likeness (QED) is 0.830. The number of aryl methyl sites for hydroxylation is 2. The van der Waals surface area contributed by atoms with Gasteiger partial charge in [-0.05, 0) is 55.3 Å². The number of benzene rings is 2. The van der Waals surface area contributed by atoms with Gasteiger partial charge >= 0.3 is 0 Å². The van der Waals surface area contributed by atoms with Crippen LogP contribution in [0.15, 0.2) is 42.5 Å². The molecule has 3 nitrogen and oxygen atoms in total. The van der Waals surface area contributed by atoms with E-state index in [0.717, 1.165) is 22.4 Å². The first-order valence-corrected chi connectivity index (χ1v) is 6.68. The van der Waals surface area contributed by atoms with E-state index in [9.17, 15) is 4.79 Å². The van der Waals surface area contributed by atoms with Crippen LogP contribution in [0.1, 0.15) is 27.0 Å². The van der Waals surface area contributed by atoms with E-state index in [1.807, 2.05) is 32.0 Å². The number of aliphatic hydroxyl groups excluding tert-OH is 1. The number of carbonyl (C=O) groups is 1. The first-order chi connectivity index (χ1) is 10.1. The van der Waals surface area contributed by atoms with Crippen LogP contribution in [0.4, 0.5) is 5.69 Å². The van der Waals surface area contributed by atoms with Crippen LogP contribution in [-0.4, -0.2) is 17.6 Å². The van der Waals surface area contributed by atoms with Crippen LogP contribution in [0.25, 0.3) is 0 Å². The number of rotatable bonds is 2. The van der Waals surface area contributed by atoms with Crippen molar-refractivity contribution in [2.45, 2.75) is 13.8 Å². The lowest BCUT2D eigenvalue weighted by atomic mass is 10.1. The molecule has 2 rings (SSSR count). The van der Waals surface area contributed by atoms with Crippen LogP contribution in [0.2, 0.25) is 0 Å². The molecule has 2 N–H and O–H groups in total. The van der Waals surface area contributed by atoms with E-state index >= 15 is 0 Å². The molecule has 106 valence electrons. The van der Waals surface area contributed by atoms with Gasteiger partial charge in [0.25, 0.3) is 5.91 Å². The smallest absolute Gasteiger partial charge is 0.255 e. The molecule has 0 aliphatic rings. The van der Waals surface area contributed by atoms with Crippen LogP contribution in [0.5, 0.6) is 0 Å². The van der Waals surface area contributed by atoms with Crippen molar-refractivity contribution in [3.63, 3.8) is 0 Å². The van der Waals surface area contributed by atoms with Crippen molar-refractivity contribution >= 4 is 11.6 Å². The van der Waals surface area contributed by atoms with Crippen molar-refractivity contribution in [3.8, 4) is 11.8 Å². The lowest BCUT2D eigenvalue weighted by Gasteiger charge is -2.09. The summed E-state index contributed by atoms with van der Waals surface area (Å²) in [7, 11) is 0. The van der Waals surface area contributed by atoms with E-state index in [4.69, 9.17) is 5.11 Å². The van der Waals surface area contributed by atoms with Gasteiger partial charge in [0.15, 0.2) is 0 Å². The Hall–Kier alpha value is -2.57. The van der Waals surface area contributed by atoms with Gasteiger partial charge in [-0.1, -0.05) is 24.0 Å². The summed E-state index contributed by atoms with van der Waals surface area (Å²) in [6.45, 7) is 3.78. The third-order valence-corrected chi connectivity index (χ3v) is 3.10. The van der Waals surface area contributed by atoms with Crippen molar-refractivity contribution < 1.29 is 9.90 Å². The second kappa shape index (κ2) is 6.74. The second-order valence-electron chi connectivity index (χ2n) is 4.81. The van der Waals surface area contributed by atoms with Gasteiger partial charge in [-0.2, -0.15) is 0 Å². The average Bonchev–Trinajstić information content (AvgIpc) is 2.49. The number of anilines is 1. The highest BCUT2D eigenvalue weighted by atomic mass is 16.2. The highest BCUT2D eigenvalue weighted by Crippen LogP contribution is 2.17. The van der Waals surface area contributed by atoms with E-state index in [1.165, 1.54) is 0 Å². The first kappa shape index (κ1) is 14.8. The zero-order chi connectivity index (χ0) is 15.2. The molecule has 0 saturated carbocycles. The second-order valence-corrected chi connectivity index (χ2v) is 4.81. The molecule has 0 radical (unpaired) electrons. The highest BCUT2D eigenvalue weighted by Gasteiger charge is 2.07. The van der Waals surface area contributed by atoms with E-state index in [-0.39, 0.29) is 12.5 Å². The number of nitrogens with one attached hydrogen (secondary N) is 1. The maximum Gasteiger partial charge on any atom is 0.255 e. The molecule has 0 bridgehead atoms. The summed E-state index contributed by atoms with van der Waals surface area (Å²) in [4.78, 5) is 12.2. The Balaban J connectivity index is 2.15. The minimum atomic E-state index is -0.172. The van der Waals surface area contributed by atoms with Crippen molar-refractivity contribution in [1.29, 1.82) is 0 Å². The van der Waals surface area contributed by atoms with Crippen LogP contribution in [0.3, 0.4) is 0 Å². The minimum absolute atomic E-state index is 0.148. The predicted octanol–water partition coefficient (Wildman–Crippen LogP) is 2.90. The van der Waals surface area contributed by atoms with Gasteiger partial charge in [0, 0.05) is 16.8 Å². The summed E-state index contributed by atoms with van der Waals surface area (Å²) >= 11 is 0. The largest absolute Gasteiger partial charge is 0.384 e. The number of carbonyl (C=O) groups excluding carboxylic acids is 1. The molecular weight excluding hydrogens is 262 g/mol. The molecule has 0 aliphatic heterocycles. The fraction of sp³-hybridized carbons (Fsp3) is 0.167. The molecule has 0 aliphatic carbocycles. The minimum Gasteiger partial charge on any atom is -0.384 e. The summed E-state index contributed by atoms with van der Waals surface area (Å²) in [5.74, 6) is 5.22. The number of aliphatic hydroxyl groups is 1. The van der Waals surface area contributed by atoms with Gasteiger partial charge in [-0.25, -0.2) is 0 Å². The molecular formula is C18H17NO2. The van der Waals surface area contributed by atoms with Crippen LogP contribution < -0.4 is 5.32 Å². The van der Waals surface area contributed by atoms with E-state index in [2.05, 4.69) is 17.2 Å². The molecule has 0 aromatic heterocycles. The molecule has 0 fully saturated rings. The van der Waals surface area contributed by atoms with Crippen LogP contribution in [-0.2, 0) is 0 Å². The fourth-order valence-corrected chi connectivity index (χ4v) is 1.91. The standard InChI is InChI=1S/C18H17NO2/c1-13-5-6-14(2)17(12-13)19-18(21)16-9-7-15(8-10-16)4-3-11-20/h5-10,12,20H,11H2,1-2H3,(H,19,21). The maximum absolute atomic E-state index is 12.2. The van der Waals surface area contributed by atoms with Gasteiger partial charge in [0.1, 0.15) is 6.61 Å². The Kier molecular flexibility index (Phi) is 4.76.